The highest BCUT2D eigenvalue weighted by atomic mass is 19.1. The first-order valence-electron chi connectivity index (χ1n) is 6.34. The second kappa shape index (κ2) is 5.03. The Morgan fingerprint density at radius 1 is 1.15 bits per heavy atom. The molecule has 0 saturated carbocycles. The van der Waals surface area contributed by atoms with Crippen LogP contribution in [0.25, 0.3) is 10.9 Å². The Bertz CT molecular complexity index is 733. The normalized spacial score (nSPS) is 12.8. The molecule has 3 aromatic rings. The first-order chi connectivity index (χ1) is 9.70. The number of benzene rings is 2. The predicted molar refractivity (Wildman–Crippen MR) is 76.3 cm³/mol. The lowest BCUT2D eigenvalue weighted by Crippen LogP contribution is -2.29. The molecule has 0 bridgehead atoms. The minimum atomic E-state index is -0.276. The fourth-order valence-corrected chi connectivity index (χ4v) is 2.44. The van der Waals surface area contributed by atoms with E-state index in [1.165, 1.54) is 12.1 Å². The van der Waals surface area contributed by atoms with Crippen molar-refractivity contribution in [3.05, 3.63) is 65.6 Å². The van der Waals surface area contributed by atoms with Crippen LogP contribution in [0.4, 0.5) is 4.39 Å². The number of nitrogens with zero attached hydrogens (tertiary/aromatic N) is 2. The SMILES string of the molecule is Cn1nc(C(NN)c2ccc(F)cc2)c2ccccc21. The number of aryl methyl sites for hydroxylation is 1. The van der Waals surface area contributed by atoms with Gasteiger partial charge in [0.1, 0.15) is 5.82 Å². The van der Waals surface area contributed by atoms with Crippen molar-refractivity contribution in [1.82, 2.24) is 15.2 Å². The maximum Gasteiger partial charge on any atom is 0.123 e. The van der Waals surface area contributed by atoms with Crippen molar-refractivity contribution < 1.29 is 4.39 Å². The quantitative estimate of drug-likeness (QED) is 0.567. The molecule has 0 aliphatic rings. The van der Waals surface area contributed by atoms with Crippen LogP contribution < -0.4 is 11.3 Å². The molecule has 102 valence electrons. The first kappa shape index (κ1) is 12.8. The van der Waals surface area contributed by atoms with E-state index in [9.17, 15) is 4.39 Å². The van der Waals surface area contributed by atoms with Crippen molar-refractivity contribution >= 4 is 10.9 Å². The molecule has 0 radical (unpaired) electrons. The van der Waals surface area contributed by atoms with Gasteiger partial charge in [0.25, 0.3) is 0 Å². The van der Waals surface area contributed by atoms with Gasteiger partial charge in [-0.25, -0.2) is 9.82 Å². The number of nitrogens with one attached hydrogen (secondary N) is 1. The third-order valence-corrected chi connectivity index (χ3v) is 3.43. The number of fused-ring (bicyclic) bond motifs is 1. The molecule has 1 heterocycles. The molecule has 1 aromatic heterocycles. The average molecular weight is 270 g/mol. The summed E-state index contributed by atoms with van der Waals surface area (Å²) in [6.45, 7) is 0. The van der Waals surface area contributed by atoms with E-state index in [1.807, 2.05) is 36.0 Å². The van der Waals surface area contributed by atoms with Gasteiger partial charge in [0.05, 0.1) is 17.3 Å². The van der Waals surface area contributed by atoms with E-state index in [2.05, 4.69) is 10.5 Å². The molecule has 0 fully saturated rings. The topological polar surface area (TPSA) is 55.9 Å². The van der Waals surface area contributed by atoms with Crippen molar-refractivity contribution in [1.29, 1.82) is 0 Å². The summed E-state index contributed by atoms with van der Waals surface area (Å²) < 4.78 is 14.9. The van der Waals surface area contributed by atoms with Crippen LogP contribution in [0, 0.1) is 5.82 Å². The molecule has 0 aliphatic carbocycles. The Morgan fingerprint density at radius 2 is 1.85 bits per heavy atom. The second-order valence-corrected chi connectivity index (χ2v) is 4.68. The van der Waals surface area contributed by atoms with Crippen LogP contribution in [0.1, 0.15) is 17.3 Å². The minimum absolute atomic E-state index is 0.268. The van der Waals surface area contributed by atoms with E-state index < -0.39 is 0 Å². The predicted octanol–water partition coefficient (Wildman–Crippen LogP) is 2.27. The highest BCUT2D eigenvalue weighted by Gasteiger charge is 2.19. The number of hydrogen-bond acceptors (Lipinski definition) is 3. The van der Waals surface area contributed by atoms with Gasteiger partial charge >= 0.3 is 0 Å². The van der Waals surface area contributed by atoms with Gasteiger partial charge in [0.15, 0.2) is 0 Å². The minimum Gasteiger partial charge on any atom is -0.271 e. The first-order valence-corrected chi connectivity index (χ1v) is 6.34. The summed E-state index contributed by atoms with van der Waals surface area (Å²) in [4.78, 5) is 0. The lowest BCUT2D eigenvalue weighted by molar-refractivity contribution is 0.600. The van der Waals surface area contributed by atoms with Gasteiger partial charge < -0.3 is 0 Å². The summed E-state index contributed by atoms with van der Waals surface area (Å²) >= 11 is 0. The fourth-order valence-electron chi connectivity index (χ4n) is 2.44. The zero-order valence-corrected chi connectivity index (χ0v) is 11.0. The maximum atomic E-state index is 13.0. The summed E-state index contributed by atoms with van der Waals surface area (Å²) in [5.74, 6) is 5.41. The number of hydrogen-bond donors (Lipinski definition) is 2. The van der Waals surface area contributed by atoms with Gasteiger partial charge in [0, 0.05) is 12.4 Å². The fraction of sp³-hybridized carbons (Fsp3) is 0.133. The summed E-state index contributed by atoms with van der Waals surface area (Å²) in [6.07, 6.45) is 0. The molecule has 3 rings (SSSR count). The van der Waals surface area contributed by atoms with Gasteiger partial charge in [-0.3, -0.25) is 10.5 Å². The Hall–Kier alpha value is -2.24. The van der Waals surface area contributed by atoms with E-state index in [-0.39, 0.29) is 11.9 Å². The molecule has 1 unspecified atom stereocenters. The largest absolute Gasteiger partial charge is 0.271 e. The van der Waals surface area contributed by atoms with Crippen LogP contribution in [0.3, 0.4) is 0 Å². The number of rotatable bonds is 3. The average Bonchev–Trinajstić information content (AvgIpc) is 2.80. The molecule has 0 amide bonds. The third kappa shape index (κ3) is 2.07. The monoisotopic (exact) mass is 270 g/mol. The zero-order valence-electron chi connectivity index (χ0n) is 11.0. The highest BCUT2D eigenvalue weighted by Crippen LogP contribution is 2.27. The van der Waals surface area contributed by atoms with Gasteiger partial charge in [-0.05, 0) is 23.8 Å². The second-order valence-electron chi connectivity index (χ2n) is 4.68. The Balaban J connectivity index is 2.14. The maximum absolute atomic E-state index is 13.0. The van der Waals surface area contributed by atoms with E-state index >= 15 is 0 Å². The molecule has 0 spiro atoms. The van der Waals surface area contributed by atoms with E-state index in [4.69, 9.17) is 5.84 Å². The molecular weight excluding hydrogens is 255 g/mol. The summed E-state index contributed by atoms with van der Waals surface area (Å²) in [7, 11) is 1.89. The molecule has 4 nitrogen and oxygen atoms in total. The van der Waals surface area contributed by atoms with Crippen molar-refractivity contribution in [2.45, 2.75) is 6.04 Å². The summed E-state index contributed by atoms with van der Waals surface area (Å²) in [6, 6.07) is 13.9. The van der Waals surface area contributed by atoms with Crippen LogP contribution >= 0.6 is 0 Å². The van der Waals surface area contributed by atoms with Crippen LogP contribution in [0.5, 0.6) is 0 Å². The third-order valence-electron chi connectivity index (χ3n) is 3.43. The Labute approximate surface area is 116 Å². The van der Waals surface area contributed by atoms with Crippen molar-refractivity contribution in [3.8, 4) is 0 Å². The van der Waals surface area contributed by atoms with Gasteiger partial charge in [-0.1, -0.05) is 30.3 Å². The molecule has 1 atom stereocenters. The van der Waals surface area contributed by atoms with E-state index in [0.29, 0.717) is 0 Å². The van der Waals surface area contributed by atoms with Crippen LogP contribution in [0.15, 0.2) is 48.5 Å². The van der Waals surface area contributed by atoms with Crippen LogP contribution in [-0.4, -0.2) is 9.78 Å². The Kier molecular flexibility index (Phi) is 3.22. The van der Waals surface area contributed by atoms with Crippen molar-refractivity contribution in [3.63, 3.8) is 0 Å². The van der Waals surface area contributed by atoms with Gasteiger partial charge in [-0.2, -0.15) is 5.10 Å². The number of hydrazine groups is 1. The van der Waals surface area contributed by atoms with Crippen molar-refractivity contribution in [2.24, 2.45) is 12.9 Å². The number of halogens is 1. The number of para-hydroxylation sites is 1. The number of aromatic nitrogens is 2. The lowest BCUT2D eigenvalue weighted by atomic mass is 10.0. The zero-order chi connectivity index (χ0) is 14.1. The smallest absolute Gasteiger partial charge is 0.123 e. The molecule has 20 heavy (non-hydrogen) atoms. The van der Waals surface area contributed by atoms with Gasteiger partial charge in [-0.15, -0.1) is 0 Å². The lowest BCUT2D eigenvalue weighted by Gasteiger charge is -2.14. The van der Waals surface area contributed by atoms with E-state index in [1.54, 1.807) is 12.1 Å². The molecule has 0 aliphatic heterocycles. The highest BCUT2D eigenvalue weighted by molar-refractivity contribution is 5.82. The summed E-state index contributed by atoms with van der Waals surface area (Å²) in [5, 5.41) is 5.57. The molecule has 2 aromatic carbocycles. The van der Waals surface area contributed by atoms with Crippen LogP contribution in [-0.2, 0) is 7.05 Å². The standard InChI is InChI=1S/C15H15FN4/c1-20-13-5-3-2-4-12(13)15(19-20)14(18-17)10-6-8-11(16)9-7-10/h2-9,14,18H,17H2,1H3. The van der Waals surface area contributed by atoms with Gasteiger partial charge in [0.2, 0.25) is 0 Å². The van der Waals surface area contributed by atoms with Crippen molar-refractivity contribution in [2.75, 3.05) is 0 Å². The molecular formula is C15H15FN4. The molecule has 3 N–H and O–H groups in total. The van der Waals surface area contributed by atoms with Crippen LogP contribution in [0.2, 0.25) is 0 Å². The number of nitrogens with two attached hydrogens (primary N) is 1. The molecule has 0 saturated heterocycles. The van der Waals surface area contributed by atoms with E-state index in [0.717, 1.165) is 22.2 Å². The summed E-state index contributed by atoms with van der Waals surface area (Å²) in [5.41, 5.74) is 5.50. The molecule has 5 heteroatoms. The Morgan fingerprint density at radius 3 is 2.55 bits per heavy atom.